The van der Waals surface area contributed by atoms with Crippen molar-refractivity contribution in [1.29, 1.82) is 0 Å². The van der Waals surface area contributed by atoms with Crippen molar-refractivity contribution in [2.45, 2.75) is 11.4 Å². The van der Waals surface area contributed by atoms with Crippen molar-refractivity contribution in [3.8, 4) is 0 Å². The molecule has 0 bridgehead atoms. The van der Waals surface area contributed by atoms with Crippen LogP contribution in [0.3, 0.4) is 0 Å². The van der Waals surface area contributed by atoms with Gasteiger partial charge in [0.2, 0.25) is 5.91 Å². The van der Waals surface area contributed by atoms with Crippen LogP contribution in [-0.2, 0) is 11.3 Å². The van der Waals surface area contributed by atoms with Crippen molar-refractivity contribution in [2.24, 2.45) is 0 Å². The lowest BCUT2D eigenvalue weighted by Crippen LogP contribution is -2.24. The summed E-state index contributed by atoms with van der Waals surface area (Å²) in [6.45, 7) is 0.543. The van der Waals surface area contributed by atoms with Crippen LogP contribution in [0.1, 0.15) is 4.88 Å². The molecule has 0 unspecified atom stereocenters. The van der Waals surface area contributed by atoms with Gasteiger partial charge in [0.15, 0.2) is 0 Å². The quantitative estimate of drug-likeness (QED) is 0.846. The molecule has 0 atom stereocenters. The molecule has 6 heteroatoms. The van der Waals surface area contributed by atoms with Crippen molar-refractivity contribution in [2.75, 3.05) is 5.75 Å². The van der Waals surface area contributed by atoms with E-state index in [2.05, 4.69) is 5.32 Å². The second-order valence-electron chi connectivity index (χ2n) is 3.72. The van der Waals surface area contributed by atoms with Crippen molar-refractivity contribution >= 4 is 40.6 Å². The molecule has 1 amide bonds. The zero-order chi connectivity index (χ0) is 13.7. The van der Waals surface area contributed by atoms with Gasteiger partial charge in [-0.1, -0.05) is 17.7 Å². The highest BCUT2D eigenvalue weighted by atomic mass is 35.5. The molecule has 0 aliphatic rings. The molecule has 0 fully saturated rings. The first-order valence-electron chi connectivity index (χ1n) is 5.52. The molecule has 1 N–H and O–H groups in total. The highest BCUT2D eigenvalue weighted by molar-refractivity contribution is 8.00. The number of amides is 1. The zero-order valence-electron chi connectivity index (χ0n) is 9.86. The number of rotatable bonds is 5. The average molecular weight is 316 g/mol. The molecule has 100 valence electrons. The molecule has 0 aliphatic carbocycles. The molecular formula is C13H11ClFNOS2. The number of benzene rings is 1. The predicted octanol–water partition coefficient (Wildman–Crippen LogP) is 3.95. The Morgan fingerprint density at radius 2 is 2.26 bits per heavy atom. The zero-order valence-corrected chi connectivity index (χ0v) is 12.2. The summed E-state index contributed by atoms with van der Waals surface area (Å²) in [5.74, 6) is -0.222. The van der Waals surface area contributed by atoms with Crippen LogP contribution in [0.15, 0.2) is 40.6 Å². The maximum absolute atomic E-state index is 13.0. The van der Waals surface area contributed by atoms with Crippen molar-refractivity contribution in [1.82, 2.24) is 5.32 Å². The van der Waals surface area contributed by atoms with Gasteiger partial charge in [0.1, 0.15) is 5.82 Å². The van der Waals surface area contributed by atoms with Crippen LogP contribution in [0, 0.1) is 5.82 Å². The van der Waals surface area contributed by atoms with E-state index in [4.69, 9.17) is 11.6 Å². The number of nitrogens with one attached hydrogen (secondary N) is 1. The van der Waals surface area contributed by atoms with Crippen LogP contribution < -0.4 is 5.32 Å². The summed E-state index contributed by atoms with van der Waals surface area (Å²) in [4.78, 5) is 13.5. The summed E-state index contributed by atoms with van der Waals surface area (Å²) in [5, 5.41) is 4.87. The highest BCUT2D eigenvalue weighted by Gasteiger charge is 2.05. The SMILES string of the molecule is O=C(CSc1ccc(F)c(Cl)c1)NCc1cccs1. The molecule has 1 aromatic heterocycles. The van der Waals surface area contributed by atoms with Gasteiger partial charge < -0.3 is 5.32 Å². The summed E-state index contributed by atoms with van der Waals surface area (Å²) >= 11 is 8.60. The van der Waals surface area contributed by atoms with Crippen LogP contribution in [0.4, 0.5) is 4.39 Å². The third kappa shape index (κ3) is 4.53. The van der Waals surface area contributed by atoms with Gasteiger partial charge in [-0.25, -0.2) is 4.39 Å². The van der Waals surface area contributed by atoms with E-state index in [-0.39, 0.29) is 16.7 Å². The Hall–Kier alpha value is -1.04. The second kappa shape index (κ2) is 6.93. The van der Waals surface area contributed by atoms with E-state index in [0.29, 0.717) is 6.54 Å². The topological polar surface area (TPSA) is 29.1 Å². The largest absolute Gasteiger partial charge is 0.350 e. The minimum Gasteiger partial charge on any atom is -0.350 e. The Kier molecular flexibility index (Phi) is 5.24. The molecule has 0 saturated heterocycles. The smallest absolute Gasteiger partial charge is 0.230 e. The standard InChI is InChI=1S/C13H11ClFNOS2/c14-11-6-9(3-4-12(11)15)19-8-13(17)16-7-10-2-1-5-18-10/h1-6H,7-8H2,(H,16,17). The minimum absolute atomic E-state index is 0.0566. The molecule has 19 heavy (non-hydrogen) atoms. The van der Waals surface area contributed by atoms with E-state index in [1.165, 1.54) is 23.9 Å². The summed E-state index contributed by atoms with van der Waals surface area (Å²) in [5.41, 5.74) is 0. The minimum atomic E-state index is -0.451. The summed E-state index contributed by atoms with van der Waals surface area (Å²) in [6, 6.07) is 8.35. The summed E-state index contributed by atoms with van der Waals surface area (Å²) in [6.07, 6.45) is 0. The normalized spacial score (nSPS) is 10.4. The average Bonchev–Trinajstić information content (AvgIpc) is 2.91. The van der Waals surface area contributed by atoms with Gasteiger partial charge in [-0.2, -0.15) is 0 Å². The Morgan fingerprint density at radius 1 is 1.42 bits per heavy atom. The molecule has 2 aromatic rings. The second-order valence-corrected chi connectivity index (χ2v) is 6.21. The summed E-state index contributed by atoms with van der Waals surface area (Å²) in [7, 11) is 0. The molecule has 2 rings (SSSR count). The Morgan fingerprint density at radius 3 is 2.95 bits per heavy atom. The van der Waals surface area contributed by atoms with E-state index in [1.807, 2.05) is 17.5 Å². The maximum atomic E-state index is 13.0. The number of thioether (sulfide) groups is 1. The Balaban J connectivity index is 1.78. The van der Waals surface area contributed by atoms with Gasteiger partial charge in [0, 0.05) is 9.77 Å². The number of halogens is 2. The van der Waals surface area contributed by atoms with Gasteiger partial charge >= 0.3 is 0 Å². The van der Waals surface area contributed by atoms with Crippen molar-refractivity contribution < 1.29 is 9.18 Å². The van der Waals surface area contributed by atoms with Gasteiger partial charge in [-0.15, -0.1) is 23.1 Å². The van der Waals surface area contributed by atoms with Crippen molar-refractivity contribution in [3.63, 3.8) is 0 Å². The third-order valence-corrected chi connectivity index (χ3v) is 4.46. The molecule has 2 nitrogen and oxygen atoms in total. The van der Waals surface area contributed by atoms with E-state index in [0.717, 1.165) is 9.77 Å². The Bertz CT molecular complexity index is 560. The lowest BCUT2D eigenvalue weighted by molar-refractivity contribution is -0.118. The first kappa shape index (κ1) is 14.4. The number of carbonyl (C=O) groups is 1. The Labute approximate surface area is 124 Å². The van der Waals surface area contributed by atoms with Crippen LogP contribution in [0.2, 0.25) is 5.02 Å². The molecule has 1 aromatic carbocycles. The molecule has 0 radical (unpaired) electrons. The van der Waals surface area contributed by atoms with E-state index in [9.17, 15) is 9.18 Å². The predicted molar refractivity (Wildman–Crippen MR) is 78.3 cm³/mol. The number of hydrogen-bond acceptors (Lipinski definition) is 3. The fourth-order valence-electron chi connectivity index (χ4n) is 1.37. The van der Waals surface area contributed by atoms with Crippen molar-refractivity contribution in [3.05, 3.63) is 51.4 Å². The third-order valence-electron chi connectivity index (χ3n) is 2.30. The molecular weight excluding hydrogens is 305 g/mol. The number of hydrogen-bond donors (Lipinski definition) is 1. The summed E-state index contributed by atoms with van der Waals surface area (Å²) < 4.78 is 13.0. The van der Waals surface area contributed by atoms with Gasteiger partial charge in [0.05, 0.1) is 17.3 Å². The monoisotopic (exact) mass is 315 g/mol. The van der Waals surface area contributed by atoms with E-state index in [1.54, 1.807) is 17.4 Å². The van der Waals surface area contributed by atoms with Crippen LogP contribution >= 0.6 is 34.7 Å². The molecule has 1 heterocycles. The van der Waals surface area contributed by atoms with Gasteiger partial charge in [-0.05, 0) is 29.6 Å². The fourth-order valence-corrected chi connectivity index (χ4v) is 3.02. The molecule has 0 spiro atoms. The van der Waals surface area contributed by atoms with E-state index >= 15 is 0 Å². The molecule has 0 saturated carbocycles. The number of carbonyl (C=O) groups excluding carboxylic acids is 1. The lowest BCUT2D eigenvalue weighted by atomic mass is 10.3. The van der Waals surface area contributed by atoms with Crippen LogP contribution in [0.5, 0.6) is 0 Å². The maximum Gasteiger partial charge on any atom is 0.230 e. The van der Waals surface area contributed by atoms with Crippen LogP contribution in [0.25, 0.3) is 0 Å². The van der Waals surface area contributed by atoms with E-state index < -0.39 is 5.82 Å². The number of thiophene rings is 1. The van der Waals surface area contributed by atoms with Crippen LogP contribution in [-0.4, -0.2) is 11.7 Å². The molecule has 0 aliphatic heterocycles. The highest BCUT2D eigenvalue weighted by Crippen LogP contribution is 2.23. The first-order valence-corrected chi connectivity index (χ1v) is 7.76. The van der Waals surface area contributed by atoms with Gasteiger partial charge in [-0.3, -0.25) is 4.79 Å². The first-order chi connectivity index (χ1) is 9.15. The lowest BCUT2D eigenvalue weighted by Gasteiger charge is -2.04. The van der Waals surface area contributed by atoms with Gasteiger partial charge in [0.25, 0.3) is 0 Å². The fraction of sp³-hybridized carbons (Fsp3) is 0.154.